The van der Waals surface area contributed by atoms with Crippen molar-refractivity contribution in [1.82, 2.24) is 25.2 Å². The number of pyridine rings is 1. The van der Waals surface area contributed by atoms with Gasteiger partial charge in [-0.05, 0) is 57.8 Å². The standard InChI is InChI=1S/C20H24N6O3.C2H7N/c1-13-16-7-8-17(28)26(18(16)25-20(24-13)23-11-9-21)15-5-3-14(4-6-15)19(29)22-10-2-12-27;1-3-2/h3-8,27H,2,9-12,21H2,1H3,(H,22,29)(H,23,24,25);3H,1-2H3. The zero-order valence-corrected chi connectivity index (χ0v) is 18.7. The first kappa shape index (κ1) is 24.9. The monoisotopic (exact) mass is 441 g/mol. The van der Waals surface area contributed by atoms with Gasteiger partial charge in [-0.3, -0.25) is 14.2 Å². The van der Waals surface area contributed by atoms with Crippen LogP contribution in [-0.2, 0) is 0 Å². The van der Waals surface area contributed by atoms with E-state index in [9.17, 15) is 9.59 Å². The Bertz CT molecular complexity index is 1080. The summed E-state index contributed by atoms with van der Waals surface area (Å²) in [5.74, 6) is 0.168. The highest BCUT2D eigenvalue weighted by atomic mass is 16.3. The van der Waals surface area contributed by atoms with E-state index >= 15 is 0 Å². The van der Waals surface area contributed by atoms with E-state index in [1.165, 1.54) is 10.6 Å². The zero-order chi connectivity index (χ0) is 23.5. The smallest absolute Gasteiger partial charge is 0.256 e. The highest BCUT2D eigenvalue weighted by Gasteiger charge is 2.12. The van der Waals surface area contributed by atoms with Crippen molar-refractivity contribution in [3.63, 3.8) is 0 Å². The van der Waals surface area contributed by atoms with Crippen LogP contribution in [0.2, 0.25) is 0 Å². The molecule has 0 radical (unpaired) electrons. The maximum atomic E-state index is 12.6. The van der Waals surface area contributed by atoms with Crippen LogP contribution in [0.15, 0.2) is 41.2 Å². The number of nitrogens with one attached hydrogen (secondary N) is 3. The number of aryl methyl sites for hydroxylation is 1. The van der Waals surface area contributed by atoms with Gasteiger partial charge in [0, 0.05) is 43.3 Å². The summed E-state index contributed by atoms with van der Waals surface area (Å²) in [5, 5.41) is 18.1. The van der Waals surface area contributed by atoms with E-state index in [-0.39, 0.29) is 18.1 Å². The Morgan fingerprint density at radius 2 is 1.78 bits per heavy atom. The molecular weight excluding hydrogens is 410 g/mol. The minimum atomic E-state index is -0.236. The number of aromatic nitrogens is 3. The first-order valence-corrected chi connectivity index (χ1v) is 10.4. The Labute approximate surface area is 186 Å². The molecule has 0 saturated heterocycles. The third-order valence-electron chi connectivity index (χ3n) is 4.38. The van der Waals surface area contributed by atoms with Crippen molar-refractivity contribution in [1.29, 1.82) is 0 Å². The fraction of sp³-hybridized carbons (Fsp3) is 0.364. The van der Waals surface area contributed by atoms with Gasteiger partial charge in [-0.15, -0.1) is 0 Å². The van der Waals surface area contributed by atoms with Gasteiger partial charge in [-0.25, -0.2) is 4.98 Å². The van der Waals surface area contributed by atoms with Crippen LogP contribution in [-0.4, -0.2) is 65.9 Å². The van der Waals surface area contributed by atoms with Gasteiger partial charge in [-0.2, -0.15) is 4.98 Å². The molecule has 1 aromatic carbocycles. The quantitative estimate of drug-likeness (QED) is 0.316. The van der Waals surface area contributed by atoms with Crippen LogP contribution >= 0.6 is 0 Å². The second-order valence-corrected chi connectivity index (χ2v) is 6.97. The predicted molar refractivity (Wildman–Crippen MR) is 126 cm³/mol. The molecule has 2 aromatic heterocycles. The lowest BCUT2D eigenvalue weighted by Crippen LogP contribution is -2.25. The second kappa shape index (κ2) is 12.5. The van der Waals surface area contributed by atoms with Crippen molar-refractivity contribution in [2.45, 2.75) is 13.3 Å². The summed E-state index contributed by atoms with van der Waals surface area (Å²) < 4.78 is 1.49. The van der Waals surface area contributed by atoms with Gasteiger partial charge < -0.3 is 26.8 Å². The molecule has 1 amide bonds. The van der Waals surface area contributed by atoms with Crippen LogP contribution in [0.5, 0.6) is 0 Å². The average molecular weight is 442 g/mol. The van der Waals surface area contributed by atoms with Crippen molar-refractivity contribution in [3.05, 3.63) is 58.0 Å². The lowest BCUT2D eigenvalue weighted by atomic mass is 10.1. The summed E-state index contributed by atoms with van der Waals surface area (Å²) in [7, 11) is 3.75. The number of fused-ring (bicyclic) bond motifs is 1. The molecule has 0 atom stereocenters. The molecule has 0 aliphatic carbocycles. The van der Waals surface area contributed by atoms with E-state index < -0.39 is 0 Å². The second-order valence-electron chi connectivity index (χ2n) is 6.97. The number of rotatable bonds is 8. The number of anilines is 1. The Balaban J connectivity index is 0.00000114. The molecule has 0 bridgehead atoms. The lowest BCUT2D eigenvalue weighted by molar-refractivity contribution is 0.0951. The molecule has 172 valence electrons. The first-order valence-electron chi connectivity index (χ1n) is 10.4. The number of aliphatic hydroxyl groups is 1. The van der Waals surface area contributed by atoms with Crippen LogP contribution < -0.4 is 27.2 Å². The number of benzene rings is 1. The zero-order valence-electron chi connectivity index (χ0n) is 18.7. The minimum Gasteiger partial charge on any atom is -0.396 e. The Kier molecular flexibility index (Phi) is 9.74. The van der Waals surface area contributed by atoms with E-state index in [1.807, 2.05) is 21.0 Å². The maximum Gasteiger partial charge on any atom is 0.256 e. The van der Waals surface area contributed by atoms with Gasteiger partial charge in [0.05, 0.1) is 11.4 Å². The molecule has 10 heteroatoms. The molecule has 3 rings (SSSR count). The van der Waals surface area contributed by atoms with E-state index in [4.69, 9.17) is 10.8 Å². The molecule has 6 N–H and O–H groups in total. The van der Waals surface area contributed by atoms with E-state index in [1.54, 1.807) is 30.3 Å². The Hall–Kier alpha value is -3.34. The van der Waals surface area contributed by atoms with Crippen molar-refractivity contribution in [2.75, 3.05) is 45.7 Å². The number of hydrogen-bond donors (Lipinski definition) is 5. The van der Waals surface area contributed by atoms with Crippen LogP contribution in [0.4, 0.5) is 5.95 Å². The highest BCUT2D eigenvalue weighted by molar-refractivity contribution is 5.94. The molecule has 0 fully saturated rings. The molecule has 2 heterocycles. The van der Waals surface area contributed by atoms with Gasteiger partial charge >= 0.3 is 0 Å². The van der Waals surface area contributed by atoms with Crippen molar-refractivity contribution in [2.24, 2.45) is 5.73 Å². The molecule has 3 aromatic rings. The summed E-state index contributed by atoms with van der Waals surface area (Å²) in [5.41, 5.74) is 7.57. The molecule has 10 nitrogen and oxygen atoms in total. The molecule has 0 aliphatic rings. The molecular formula is C22H31N7O3. The van der Waals surface area contributed by atoms with Crippen molar-refractivity contribution >= 4 is 22.9 Å². The van der Waals surface area contributed by atoms with Gasteiger partial charge in [-0.1, -0.05) is 0 Å². The molecule has 0 aliphatic heterocycles. The molecule has 0 unspecified atom stereocenters. The van der Waals surface area contributed by atoms with Gasteiger partial charge in [0.25, 0.3) is 11.5 Å². The largest absolute Gasteiger partial charge is 0.396 e. The average Bonchev–Trinajstić information content (AvgIpc) is 2.78. The van der Waals surface area contributed by atoms with Gasteiger partial charge in [0.15, 0.2) is 5.65 Å². The molecule has 32 heavy (non-hydrogen) atoms. The van der Waals surface area contributed by atoms with Gasteiger partial charge in [0.2, 0.25) is 5.95 Å². The lowest BCUT2D eigenvalue weighted by Gasteiger charge is -2.13. The van der Waals surface area contributed by atoms with Crippen molar-refractivity contribution < 1.29 is 9.90 Å². The number of nitrogens with zero attached hydrogens (tertiary/aromatic N) is 3. The normalized spacial score (nSPS) is 10.4. The summed E-state index contributed by atoms with van der Waals surface area (Å²) in [6.45, 7) is 3.22. The first-order chi connectivity index (χ1) is 15.5. The third-order valence-corrected chi connectivity index (χ3v) is 4.38. The van der Waals surface area contributed by atoms with Gasteiger partial charge in [0.1, 0.15) is 0 Å². The van der Waals surface area contributed by atoms with Crippen molar-refractivity contribution in [3.8, 4) is 5.69 Å². The fourth-order valence-corrected chi connectivity index (χ4v) is 2.92. The summed E-state index contributed by atoms with van der Waals surface area (Å²) in [6, 6.07) is 9.88. The summed E-state index contributed by atoms with van der Waals surface area (Å²) >= 11 is 0. The number of carbonyl (C=O) groups excluding carboxylic acids is 1. The van der Waals surface area contributed by atoms with Crippen LogP contribution in [0.1, 0.15) is 22.5 Å². The number of amides is 1. The number of nitrogens with two attached hydrogens (primary N) is 1. The molecule has 0 spiro atoms. The van der Waals surface area contributed by atoms with E-state index in [0.29, 0.717) is 48.9 Å². The van der Waals surface area contributed by atoms with Crippen LogP contribution in [0.25, 0.3) is 16.7 Å². The SMILES string of the molecule is CNC.Cc1nc(NCCN)nc2c1ccc(=O)n2-c1ccc(C(=O)NCCCO)cc1. The minimum absolute atomic E-state index is 0.0205. The Morgan fingerprint density at radius 3 is 2.41 bits per heavy atom. The highest BCUT2D eigenvalue weighted by Crippen LogP contribution is 2.19. The van der Waals surface area contributed by atoms with E-state index in [0.717, 1.165) is 11.1 Å². The topological polar surface area (TPSA) is 147 Å². The third kappa shape index (κ3) is 6.33. The molecule has 0 saturated carbocycles. The maximum absolute atomic E-state index is 12.6. The Morgan fingerprint density at radius 1 is 1.09 bits per heavy atom. The number of aliphatic hydroxyl groups excluding tert-OH is 1. The van der Waals surface area contributed by atoms with E-state index in [2.05, 4.69) is 25.9 Å². The predicted octanol–water partition coefficient (Wildman–Crippen LogP) is 0.408. The number of carbonyl (C=O) groups is 1. The fourth-order valence-electron chi connectivity index (χ4n) is 2.92. The van der Waals surface area contributed by atoms with Crippen LogP contribution in [0.3, 0.4) is 0 Å². The van der Waals surface area contributed by atoms with Crippen LogP contribution in [0, 0.1) is 6.92 Å². The number of hydrogen-bond acceptors (Lipinski definition) is 8. The summed E-state index contributed by atoms with van der Waals surface area (Å²) in [4.78, 5) is 33.7. The summed E-state index contributed by atoms with van der Waals surface area (Å²) in [6.07, 6.45) is 0.495.